The summed E-state index contributed by atoms with van der Waals surface area (Å²) in [7, 11) is 0. The molecule has 0 radical (unpaired) electrons. The molecule has 31 heavy (non-hydrogen) atoms. The number of carboxylic acid groups (broad SMARTS) is 1. The first-order valence-corrected chi connectivity index (χ1v) is 9.78. The lowest BCUT2D eigenvalue weighted by Gasteiger charge is -2.33. The molecule has 0 aliphatic carbocycles. The maximum atomic E-state index is 12.9. The number of carbonyl (C=O) groups excluding carboxylic acids is 1. The number of esters is 1. The Bertz CT molecular complexity index is 1210. The number of aromatic hydroxyl groups is 2. The number of rotatable bonds is 3. The number of hydrogen-bond acceptors (Lipinski definition) is 5. The number of ether oxygens (including phenoxy) is 1. The minimum Gasteiger partial charge on any atom is -0.508 e. The predicted molar refractivity (Wildman–Crippen MR) is 114 cm³/mol. The van der Waals surface area contributed by atoms with Gasteiger partial charge in [-0.3, -0.25) is 0 Å². The van der Waals surface area contributed by atoms with Crippen LogP contribution in [0.4, 0.5) is 0 Å². The zero-order chi connectivity index (χ0) is 22.7. The Morgan fingerprint density at radius 2 is 1.29 bits per heavy atom. The molecule has 0 fully saturated rings. The van der Waals surface area contributed by atoms with Crippen molar-refractivity contribution < 1.29 is 29.6 Å². The molecular weight excluding hydrogens is 396 g/mol. The molecule has 0 atom stereocenters. The average Bonchev–Trinajstić information content (AvgIpc) is 3.00. The van der Waals surface area contributed by atoms with Gasteiger partial charge in [-0.25, -0.2) is 9.59 Å². The highest BCUT2D eigenvalue weighted by Gasteiger charge is 2.50. The number of phenols is 2. The van der Waals surface area contributed by atoms with Crippen LogP contribution in [0.15, 0.2) is 42.5 Å². The van der Waals surface area contributed by atoms with Crippen LogP contribution >= 0.6 is 0 Å². The molecule has 0 unspecified atom stereocenters. The first-order valence-electron chi connectivity index (χ1n) is 9.78. The topological polar surface area (TPSA) is 104 Å². The van der Waals surface area contributed by atoms with E-state index in [4.69, 9.17) is 4.74 Å². The van der Waals surface area contributed by atoms with Gasteiger partial charge in [0.2, 0.25) is 0 Å². The van der Waals surface area contributed by atoms with Crippen molar-refractivity contribution >= 4 is 11.9 Å². The van der Waals surface area contributed by atoms with E-state index < -0.39 is 17.5 Å². The molecular formula is C25H22O6. The van der Waals surface area contributed by atoms with Crippen LogP contribution in [0.5, 0.6) is 11.5 Å². The lowest BCUT2D eigenvalue weighted by Crippen LogP contribution is -2.31. The summed E-state index contributed by atoms with van der Waals surface area (Å²) in [6.07, 6.45) is 0. The van der Waals surface area contributed by atoms with E-state index in [0.717, 1.165) is 11.1 Å². The van der Waals surface area contributed by atoms with Gasteiger partial charge in [0.15, 0.2) is 5.60 Å². The number of carboxylic acids is 1. The van der Waals surface area contributed by atoms with Crippen molar-refractivity contribution in [1.82, 2.24) is 0 Å². The van der Waals surface area contributed by atoms with Crippen LogP contribution in [0, 0.1) is 27.7 Å². The average molecular weight is 418 g/mol. The lowest BCUT2D eigenvalue weighted by molar-refractivity contribution is 0.0247. The second-order valence-electron chi connectivity index (χ2n) is 8.04. The summed E-state index contributed by atoms with van der Waals surface area (Å²) >= 11 is 0. The second kappa shape index (κ2) is 6.87. The third-order valence-electron chi connectivity index (χ3n) is 5.96. The van der Waals surface area contributed by atoms with Gasteiger partial charge in [-0.1, -0.05) is 12.1 Å². The number of fused-ring (bicyclic) bond motifs is 1. The Balaban J connectivity index is 2.18. The van der Waals surface area contributed by atoms with Crippen LogP contribution in [0.2, 0.25) is 0 Å². The van der Waals surface area contributed by atoms with Crippen LogP contribution in [-0.2, 0) is 10.3 Å². The van der Waals surface area contributed by atoms with Crippen molar-refractivity contribution in [2.45, 2.75) is 33.3 Å². The predicted octanol–water partition coefficient (Wildman–Crippen LogP) is 4.49. The Morgan fingerprint density at radius 1 is 0.774 bits per heavy atom. The van der Waals surface area contributed by atoms with E-state index in [9.17, 15) is 24.9 Å². The number of phenolic OH excluding ortho intramolecular Hbond substituents is 2. The molecule has 1 heterocycles. The zero-order valence-corrected chi connectivity index (χ0v) is 17.6. The molecule has 6 heteroatoms. The third kappa shape index (κ3) is 2.94. The normalized spacial score (nSPS) is 14.3. The molecule has 0 saturated carbocycles. The van der Waals surface area contributed by atoms with Crippen molar-refractivity contribution in [3.05, 3.63) is 92.5 Å². The molecule has 0 amide bonds. The van der Waals surface area contributed by atoms with Gasteiger partial charge < -0.3 is 20.1 Å². The van der Waals surface area contributed by atoms with Crippen LogP contribution in [-0.4, -0.2) is 27.3 Å². The first kappa shape index (κ1) is 20.5. The molecule has 3 N–H and O–H groups in total. The molecule has 1 aliphatic heterocycles. The SMILES string of the molecule is Cc1cc(C)c(C2(c3cc(O)c(C)cc3C)OC(=O)c3ccc(C(=O)O)cc32)cc1O. The van der Waals surface area contributed by atoms with Crippen LogP contribution in [0.1, 0.15) is 59.7 Å². The lowest BCUT2D eigenvalue weighted by atomic mass is 9.75. The maximum Gasteiger partial charge on any atom is 0.340 e. The van der Waals surface area contributed by atoms with Gasteiger partial charge in [0.1, 0.15) is 11.5 Å². The molecule has 4 rings (SSSR count). The molecule has 0 aromatic heterocycles. The largest absolute Gasteiger partial charge is 0.508 e. The fourth-order valence-electron chi connectivity index (χ4n) is 4.38. The molecule has 0 bridgehead atoms. The highest BCUT2D eigenvalue weighted by Crippen LogP contribution is 2.51. The van der Waals surface area contributed by atoms with Crippen molar-refractivity contribution in [2.24, 2.45) is 0 Å². The number of cyclic esters (lactones) is 1. The molecule has 0 saturated heterocycles. The smallest absolute Gasteiger partial charge is 0.340 e. The standard InChI is InChI=1S/C25H22O6/c1-12-7-14(3)21(26)10-18(12)25(19-11-22(27)15(4)8-13(19)2)20-9-16(23(28)29)5-6-17(20)24(30)31-25/h5-11,26-27H,1-4H3,(H,28,29). The van der Waals surface area contributed by atoms with Crippen LogP contribution in [0.3, 0.4) is 0 Å². The highest BCUT2D eigenvalue weighted by atomic mass is 16.6. The van der Waals surface area contributed by atoms with Gasteiger partial charge in [0.25, 0.3) is 0 Å². The van der Waals surface area contributed by atoms with E-state index in [1.165, 1.54) is 30.3 Å². The maximum absolute atomic E-state index is 12.9. The Kier molecular flexibility index (Phi) is 4.54. The van der Waals surface area contributed by atoms with E-state index in [0.29, 0.717) is 27.8 Å². The van der Waals surface area contributed by atoms with Crippen molar-refractivity contribution in [2.75, 3.05) is 0 Å². The number of benzene rings is 3. The van der Waals surface area contributed by atoms with Gasteiger partial charge in [-0.2, -0.15) is 0 Å². The monoisotopic (exact) mass is 418 g/mol. The molecule has 0 spiro atoms. The summed E-state index contributed by atoms with van der Waals surface area (Å²) in [6, 6.07) is 10.9. The summed E-state index contributed by atoms with van der Waals surface area (Å²) < 4.78 is 6.02. The Hall–Kier alpha value is -3.80. The van der Waals surface area contributed by atoms with E-state index >= 15 is 0 Å². The van der Waals surface area contributed by atoms with Crippen LogP contribution < -0.4 is 0 Å². The molecule has 6 nitrogen and oxygen atoms in total. The quantitative estimate of drug-likeness (QED) is 0.542. The summed E-state index contributed by atoms with van der Waals surface area (Å²) in [5.41, 5.74) is 2.87. The van der Waals surface area contributed by atoms with E-state index in [2.05, 4.69) is 0 Å². The van der Waals surface area contributed by atoms with Gasteiger partial charge >= 0.3 is 11.9 Å². The van der Waals surface area contributed by atoms with Crippen molar-refractivity contribution in [3.8, 4) is 11.5 Å². The van der Waals surface area contributed by atoms with Gasteiger partial charge in [-0.15, -0.1) is 0 Å². The summed E-state index contributed by atoms with van der Waals surface area (Å²) in [4.78, 5) is 24.6. The second-order valence-corrected chi connectivity index (χ2v) is 8.04. The summed E-state index contributed by atoms with van der Waals surface area (Å²) in [5, 5.41) is 30.5. The van der Waals surface area contributed by atoms with E-state index in [1.807, 2.05) is 13.8 Å². The number of hydrogen-bond donors (Lipinski definition) is 3. The fourth-order valence-corrected chi connectivity index (χ4v) is 4.38. The first-order chi connectivity index (χ1) is 14.6. The summed E-state index contributed by atoms with van der Waals surface area (Å²) in [6.45, 7) is 7.19. The zero-order valence-electron chi connectivity index (χ0n) is 17.6. The fraction of sp³-hybridized carbons (Fsp3) is 0.200. The third-order valence-corrected chi connectivity index (χ3v) is 5.96. The molecule has 3 aromatic carbocycles. The van der Waals surface area contributed by atoms with E-state index in [1.54, 1.807) is 26.0 Å². The van der Waals surface area contributed by atoms with E-state index in [-0.39, 0.29) is 22.6 Å². The summed E-state index contributed by atoms with van der Waals surface area (Å²) in [5.74, 6) is -1.70. The Labute approximate surface area is 179 Å². The van der Waals surface area contributed by atoms with Crippen molar-refractivity contribution in [3.63, 3.8) is 0 Å². The molecule has 158 valence electrons. The number of aromatic carboxylic acids is 1. The number of aryl methyl sites for hydroxylation is 4. The van der Waals surface area contributed by atoms with Crippen LogP contribution in [0.25, 0.3) is 0 Å². The van der Waals surface area contributed by atoms with Gasteiger partial charge in [-0.05, 0) is 80.3 Å². The Morgan fingerprint density at radius 3 is 1.77 bits per heavy atom. The minimum absolute atomic E-state index is 0.00407. The van der Waals surface area contributed by atoms with Gasteiger partial charge in [0, 0.05) is 16.7 Å². The minimum atomic E-state index is -1.53. The highest BCUT2D eigenvalue weighted by molar-refractivity contribution is 5.98. The van der Waals surface area contributed by atoms with Crippen molar-refractivity contribution in [1.29, 1.82) is 0 Å². The molecule has 1 aliphatic rings. The van der Waals surface area contributed by atoms with Gasteiger partial charge in [0.05, 0.1) is 11.1 Å². The number of carbonyl (C=O) groups is 2. The molecule has 3 aromatic rings.